The molecular weight excluding hydrogens is 420 g/mol. The van der Waals surface area contributed by atoms with Crippen molar-refractivity contribution in [1.29, 1.82) is 0 Å². The highest BCUT2D eigenvalue weighted by atomic mass is 16.7. The number of fused-ring (bicyclic) bond motifs is 2. The first-order valence-electron chi connectivity index (χ1n) is 10.1. The lowest BCUT2D eigenvalue weighted by Crippen LogP contribution is -2.41. The number of ether oxygens (including phenoxy) is 6. The standard InChI is InChI=1S/C23H26O9/c1-27-17-5-11(6-18(28-2)22(17)29-3)19-12-7-15-16(32-10-31-15)8-13(12)21(25)14(9-24)20(19)23(26)30-4/h5-8,14,19-21,24-25H,9-10H2,1-4H3/t14?,19-,20-,21+/m1/s1. The summed E-state index contributed by atoms with van der Waals surface area (Å²) in [6.45, 7) is -0.358. The average molecular weight is 446 g/mol. The minimum absolute atomic E-state index is 0.0625. The molecule has 0 amide bonds. The van der Waals surface area contributed by atoms with Crippen LogP contribution in [0.3, 0.4) is 0 Å². The molecule has 32 heavy (non-hydrogen) atoms. The van der Waals surface area contributed by atoms with Crippen LogP contribution in [0.25, 0.3) is 0 Å². The van der Waals surface area contributed by atoms with Crippen molar-refractivity contribution in [2.75, 3.05) is 41.8 Å². The number of methoxy groups -OCH3 is 4. The number of benzene rings is 2. The average Bonchev–Trinajstić information content (AvgIpc) is 3.28. The van der Waals surface area contributed by atoms with Crippen molar-refractivity contribution in [3.63, 3.8) is 0 Å². The number of hydrogen-bond acceptors (Lipinski definition) is 9. The Hall–Kier alpha value is -3.17. The van der Waals surface area contributed by atoms with Crippen LogP contribution in [0.4, 0.5) is 0 Å². The smallest absolute Gasteiger partial charge is 0.310 e. The highest BCUT2D eigenvalue weighted by Gasteiger charge is 2.48. The van der Waals surface area contributed by atoms with Gasteiger partial charge in [0.1, 0.15) is 0 Å². The van der Waals surface area contributed by atoms with Gasteiger partial charge in [-0.25, -0.2) is 0 Å². The molecule has 2 aromatic rings. The zero-order chi connectivity index (χ0) is 23.0. The van der Waals surface area contributed by atoms with Crippen LogP contribution in [0, 0.1) is 11.8 Å². The Labute approximate surface area is 185 Å². The van der Waals surface area contributed by atoms with Crippen LogP contribution in [0.1, 0.15) is 28.7 Å². The first-order chi connectivity index (χ1) is 15.5. The van der Waals surface area contributed by atoms with Gasteiger partial charge in [-0.3, -0.25) is 4.79 Å². The summed E-state index contributed by atoms with van der Waals surface area (Å²) in [5.74, 6) is -0.576. The quantitative estimate of drug-likeness (QED) is 0.644. The van der Waals surface area contributed by atoms with E-state index in [0.29, 0.717) is 45.4 Å². The molecule has 1 aliphatic heterocycles. The maximum absolute atomic E-state index is 13.0. The minimum atomic E-state index is -1.10. The van der Waals surface area contributed by atoms with Gasteiger partial charge in [-0.2, -0.15) is 0 Å². The van der Waals surface area contributed by atoms with Gasteiger partial charge >= 0.3 is 5.97 Å². The van der Waals surface area contributed by atoms with Crippen LogP contribution < -0.4 is 23.7 Å². The largest absolute Gasteiger partial charge is 0.493 e. The Morgan fingerprint density at radius 1 is 0.969 bits per heavy atom. The summed E-state index contributed by atoms with van der Waals surface area (Å²) < 4.78 is 32.5. The van der Waals surface area contributed by atoms with Crippen LogP contribution in [0.15, 0.2) is 24.3 Å². The molecule has 172 valence electrons. The highest BCUT2D eigenvalue weighted by Crippen LogP contribution is 2.53. The molecule has 4 rings (SSSR count). The third-order valence-corrected chi connectivity index (χ3v) is 6.19. The monoisotopic (exact) mass is 446 g/mol. The Kier molecular flexibility index (Phi) is 6.03. The number of carbonyl (C=O) groups is 1. The lowest BCUT2D eigenvalue weighted by Gasteiger charge is -2.40. The topological polar surface area (TPSA) is 113 Å². The SMILES string of the molecule is COC(=O)[C@@H]1C(CO)[C@@H](O)c2cc3c(cc2[C@H]1c1cc(OC)c(OC)c(OC)c1)OCO3. The predicted octanol–water partition coefficient (Wildman–Crippen LogP) is 2.02. The Morgan fingerprint density at radius 2 is 1.56 bits per heavy atom. The van der Waals surface area contributed by atoms with Crippen molar-refractivity contribution in [3.8, 4) is 28.7 Å². The fraction of sp³-hybridized carbons (Fsp3) is 0.435. The van der Waals surface area contributed by atoms with Gasteiger partial charge in [0.15, 0.2) is 23.0 Å². The molecule has 1 unspecified atom stereocenters. The van der Waals surface area contributed by atoms with Gasteiger partial charge < -0.3 is 38.6 Å². The molecule has 2 aliphatic rings. The molecule has 2 N–H and O–H groups in total. The highest BCUT2D eigenvalue weighted by molar-refractivity contribution is 5.77. The normalized spacial score (nSPS) is 23.3. The zero-order valence-electron chi connectivity index (χ0n) is 18.3. The summed E-state index contributed by atoms with van der Waals surface area (Å²) in [6.07, 6.45) is -1.10. The Morgan fingerprint density at radius 3 is 2.06 bits per heavy atom. The van der Waals surface area contributed by atoms with Crippen molar-refractivity contribution in [1.82, 2.24) is 0 Å². The lowest BCUT2D eigenvalue weighted by atomic mass is 9.65. The van der Waals surface area contributed by atoms with E-state index in [1.807, 2.05) is 0 Å². The van der Waals surface area contributed by atoms with Crippen molar-refractivity contribution in [2.24, 2.45) is 11.8 Å². The van der Waals surface area contributed by atoms with Gasteiger partial charge in [-0.15, -0.1) is 0 Å². The van der Waals surface area contributed by atoms with Crippen molar-refractivity contribution >= 4 is 5.97 Å². The second-order valence-electron chi connectivity index (χ2n) is 7.61. The van der Waals surface area contributed by atoms with Gasteiger partial charge in [0.2, 0.25) is 12.5 Å². The minimum Gasteiger partial charge on any atom is -0.493 e. The predicted molar refractivity (Wildman–Crippen MR) is 112 cm³/mol. The first-order valence-corrected chi connectivity index (χ1v) is 10.1. The molecular formula is C23H26O9. The third-order valence-electron chi connectivity index (χ3n) is 6.19. The summed E-state index contributed by atoms with van der Waals surface area (Å²) in [7, 11) is 5.80. The van der Waals surface area contributed by atoms with E-state index in [1.54, 1.807) is 24.3 Å². The number of hydrogen-bond donors (Lipinski definition) is 2. The van der Waals surface area contributed by atoms with Crippen LogP contribution in [-0.4, -0.2) is 58.0 Å². The summed E-state index contributed by atoms with van der Waals surface area (Å²) >= 11 is 0. The maximum Gasteiger partial charge on any atom is 0.310 e. The van der Waals surface area contributed by atoms with E-state index >= 15 is 0 Å². The molecule has 9 nitrogen and oxygen atoms in total. The number of esters is 1. The summed E-state index contributed by atoms with van der Waals surface area (Å²) in [5.41, 5.74) is 1.88. The molecule has 0 spiro atoms. The molecule has 9 heteroatoms. The molecule has 0 radical (unpaired) electrons. The van der Waals surface area contributed by atoms with Crippen LogP contribution in [-0.2, 0) is 9.53 Å². The van der Waals surface area contributed by atoms with Gasteiger partial charge in [0.25, 0.3) is 0 Å². The lowest BCUT2D eigenvalue weighted by molar-refractivity contribution is -0.152. The van der Waals surface area contributed by atoms with E-state index in [4.69, 9.17) is 28.4 Å². The second-order valence-corrected chi connectivity index (χ2v) is 7.61. The van der Waals surface area contributed by atoms with Crippen molar-refractivity contribution in [3.05, 3.63) is 41.0 Å². The molecule has 0 saturated heterocycles. The summed E-state index contributed by atoms with van der Waals surface area (Å²) in [5, 5.41) is 21.2. The van der Waals surface area contributed by atoms with E-state index in [0.717, 1.165) is 0 Å². The Balaban J connectivity index is 1.99. The number of rotatable bonds is 6. The van der Waals surface area contributed by atoms with Gasteiger partial charge in [0.05, 0.1) is 40.5 Å². The molecule has 0 bridgehead atoms. The second kappa shape index (κ2) is 8.76. The molecule has 4 atom stereocenters. The van der Waals surface area contributed by atoms with E-state index in [9.17, 15) is 15.0 Å². The van der Waals surface area contributed by atoms with Crippen LogP contribution >= 0.6 is 0 Å². The fourth-order valence-corrected chi connectivity index (χ4v) is 4.69. The third kappa shape index (κ3) is 3.37. The first kappa shape index (κ1) is 22.0. The molecule has 0 aromatic heterocycles. The van der Waals surface area contributed by atoms with Gasteiger partial charge in [-0.05, 0) is 41.0 Å². The summed E-state index contributed by atoms with van der Waals surface area (Å²) in [6, 6.07) is 6.96. The van der Waals surface area contributed by atoms with E-state index < -0.39 is 36.4 Å². The van der Waals surface area contributed by atoms with E-state index in [-0.39, 0.29) is 6.79 Å². The molecule has 1 heterocycles. The molecule has 0 saturated carbocycles. The van der Waals surface area contributed by atoms with Gasteiger partial charge in [0, 0.05) is 18.4 Å². The molecule has 2 aromatic carbocycles. The Bertz CT molecular complexity index is 994. The molecule has 0 fully saturated rings. The van der Waals surface area contributed by atoms with Crippen LogP contribution in [0.5, 0.6) is 28.7 Å². The van der Waals surface area contributed by atoms with Gasteiger partial charge in [-0.1, -0.05) is 0 Å². The number of carbonyl (C=O) groups excluding carboxylic acids is 1. The van der Waals surface area contributed by atoms with Crippen molar-refractivity contribution < 1.29 is 43.4 Å². The zero-order valence-corrected chi connectivity index (χ0v) is 18.3. The van der Waals surface area contributed by atoms with Crippen molar-refractivity contribution in [2.45, 2.75) is 12.0 Å². The maximum atomic E-state index is 13.0. The molecule has 1 aliphatic carbocycles. The summed E-state index contributed by atoms with van der Waals surface area (Å²) in [4.78, 5) is 13.0. The van der Waals surface area contributed by atoms with E-state index in [1.165, 1.54) is 28.4 Å². The van der Waals surface area contributed by atoms with Crippen LogP contribution in [0.2, 0.25) is 0 Å². The number of aliphatic hydroxyl groups is 2. The fourth-order valence-electron chi connectivity index (χ4n) is 4.69. The number of aliphatic hydroxyl groups excluding tert-OH is 2. The van der Waals surface area contributed by atoms with E-state index in [2.05, 4.69) is 0 Å².